The molecule has 0 saturated carbocycles. The largest absolute Gasteiger partial charge is 0.424 e. The summed E-state index contributed by atoms with van der Waals surface area (Å²) < 4.78 is 5.49. The van der Waals surface area contributed by atoms with Gasteiger partial charge in [0.1, 0.15) is 5.75 Å². The van der Waals surface area contributed by atoms with Crippen LogP contribution in [0.5, 0.6) is 11.8 Å². The summed E-state index contributed by atoms with van der Waals surface area (Å²) in [5.74, 6) is 5.72. The average Bonchev–Trinajstić information content (AvgIpc) is 2.33. The van der Waals surface area contributed by atoms with Crippen molar-refractivity contribution in [3.05, 3.63) is 48.3 Å². The number of benzene rings is 1. The van der Waals surface area contributed by atoms with E-state index < -0.39 is 0 Å². The number of nitrogens with zero attached hydrogens (tertiary/aromatic N) is 3. The van der Waals surface area contributed by atoms with Crippen LogP contribution in [0, 0.1) is 0 Å². The van der Waals surface area contributed by atoms with Crippen molar-refractivity contribution in [3.8, 4) is 11.8 Å². The first-order valence-corrected chi connectivity index (χ1v) is 4.67. The fourth-order valence-corrected chi connectivity index (χ4v) is 1.20. The minimum Gasteiger partial charge on any atom is -0.424 e. The van der Waals surface area contributed by atoms with Crippen LogP contribution in [0.25, 0.3) is 0 Å². The highest BCUT2D eigenvalue weighted by atomic mass is 16.5. The van der Waals surface area contributed by atoms with Crippen LogP contribution in [0.2, 0.25) is 0 Å². The molecule has 0 fully saturated rings. The van der Waals surface area contributed by atoms with Gasteiger partial charge in [0.2, 0.25) is 0 Å². The maximum Gasteiger partial charge on any atom is 0.321 e. The van der Waals surface area contributed by atoms with E-state index in [0.717, 1.165) is 5.56 Å². The van der Waals surface area contributed by atoms with E-state index in [2.05, 4.69) is 15.1 Å². The first-order chi connectivity index (χ1) is 7.90. The molecule has 2 rings (SSSR count). The van der Waals surface area contributed by atoms with Gasteiger partial charge in [0.05, 0.1) is 6.21 Å². The molecule has 0 bridgehead atoms. The van der Waals surface area contributed by atoms with E-state index in [4.69, 9.17) is 10.6 Å². The van der Waals surface area contributed by atoms with Crippen LogP contribution in [-0.2, 0) is 0 Å². The number of hydrogen-bond acceptors (Lipinski definition) is 5. The lowest BCUT2D eigenvalue weighted by Gasteiger charge is -2.05. The number of hydrazone groups is 1. The quantitative estimate of drug-likeness (QED) is 0.478. The molecular weight excluding hydrogens is 204 g/mol. The van der Waals surface area contributed by atoms with Gasteiger partial charge < -0.3 is 10.6 Å². The summed E-state index contributed by atoms with van der Waals surface area (Å²) in [6, 6.07) is 9.38. The third-order valence-electron chi connectivity index (χ3n) is 1.88. The van der Waals surface area contributed by atoms with Gasteiger partial charge in [0, 0.05) is 18.0 Å². The van der Waals surface area contributed by atoms with Crippen molar-refractivity contribution in [1.29, 1.82) is 0 Å². The van der Waals surface area contributed by atoms with Crippen molar-refractivity contribution in [1.82, 2.24) is 9.97 Å². The molecule has 0 aliphatic carbocycles. The molecule has 0 aliphatic rings. The van der Waals surface area contributed by atoms with Crippen LogP contribution in [-0.4, -0.2) is 16.2 Å². The van der Waals surface area contributed by atoms with E-state index in [9.17, 15) is 0 Å². The molecule has 1 aromatic carbocycles. The normalized spacial score (nSPS) is 10.5. The predicted molar refractivity (Wildman–Crippen MR) is 60.3 cm³/mol. The molecule has 0 spiro atoms. The van der Waals surface area contributed by atoms with E-state index >= 15 is 0 Å². The van der Waals surface area contributed by atoms with Crippen LogP contribution >= 0.6 is 0 Å². The highest BCUT2D eigenvalue weighted by molar-refractivity contribution is 5.83. The molecule has 0 unspecified atom stereocenters. The monoisotopic (exact) mass is 214 g/mol. The van der Waals surface area contributed by atoms with E-state index in [1.807, 2.05) is 18.2 Å². The SMILES string of the molecule is NN=Cc1ccccc1Oc1ncccn1. The summed E-state index contributed by atoms with van der Waals surface area (Å²) in [6.07, 6.45) is 4.74. The van der Waals surface area contributed by atoms with Gasteiger partial charge in [-0.2, -0.15) is 5.10 Å². The fourth-order valence-electron chi connectivity index (χ4n) is 1.20. The number of nitrogens with two attached hydrogens (primary N) is 1. The summed E-state index contributed by atoms with van der Waals surface area (Å²) in [6.45, 7) is 0. The second-order valence-corrected chi connectivity index (χ2v) is 2.95. The zero-order chi connectivity index (χ0) is 11.2. The smallest absolute Gasteiger partial charge is 0.321 e. The maximum absolute atomic E-state index is 5.49. The van der Waals surface area contributed by atoms with Crippen molar-refractivity contribution in [2.24, 2.45) is 10.9 Å². The number of para-hydroxylation sites is 1. The van der Waals surface area contributed by atoms with Crippen molar-refractivity contribution >= 4 is 6.21 Å². The molecule has 0 atom stereocenters. The summed E-state index contributed by atoms with van der Waals surface area (Å²) in [5.41, 5.74) is 0.775. The second-order valence-electron chi connectivity index (χ2n) is 2.95. The lowest BCUT2D eigenvalue weighted by molar-refractivity contribution is 0.441. The molecule has 2 aromatic rings. The Hall–Kier alpha value is -2.43. The lowest BCUT2D eigenvalue weighted by Crippen LogP contribution is -1.95. The van der Waals surface area contributed by atoms with E-state index in [1.165, 1.54) is 6.21 Å². The van der Waals surface area contributed by atoms with Gasteiger partial charge in [0.25, 0.3) is 0 Å². The van der Waals surface area contributed by atoms with Gasteiger partial charge in [0.15, 0.2) is 0 Å². The third kappa shape index (κ3) is 2.33. The van der Waals surface area contributed by atoms with Gasteiger partial charge in [-0.25, -0.2) is 9.97 Å². The molecule has 1 aromatic heterocycles. The maximum atomic E-state index is 5.49. The first kappa shape index (κ1) is 10.1. The summed E-state index contributed by atoms with van der Waals surface area (Å²) in [7, 11) is 0. The number of ether oxygens (including phenoxy) is 1. The Morgan fingerprint density at radius 2 is 1.88 bits per heavy atom. The van der Waals surface area contributed by atoms with Crippen molar-refractivity contribution in [2.75, 3.05) is 0 Å². The molecule has 0 amide bonds. The van der Waals surface area contributed by atoms with E-state index in [0.29, 0.717) is 11.8 Å². The summed E-state index contributed by atoms with van der Waals surface area (Å²) in [5, 5.41) is 3.46. The molecule has 1 heterocycles. The fraction of sp³-hybridized carbons (Fsp3) is 0. The van der Waals surface area contributed by atoms with Gasteiger partial charge in [-0.3, -0.25) is 0 Å². The summed E-state index contributed by atoms with van der Waals surface area (Å²) >= 11 is 0. The minimum atomic E-state index is 0.292. The summed E-state index contributed by atoms with van der Waals surface area (Å²) in [4.78, 5) is 7.93. The van der Waals surface area contributed by atoms with Crippen LogP contribution in [0.4, 0.5) is 0 Å². The zero-order valence-corrected chi connectivity index (χ0v) is 8.45. The van der Waals surface area contributed by atoms with E-state index in [1.54, 1.807) is 24.5 Å². The zero-order valence-electron chi connectivity index (χ0n) is 8.45. The van der Waals surface area contributed by atoms with Crippen LogP contribution in [0.3, 0.4) is 0 Å². The Balaban J connectivity index is 2.28. The molecule has 0 aliphatic heterocycles. The van der Waals surface area contributed by atoms with Crippen molar-refractivity contribution in [3.63, 3.8) is 0 Å². The first-order valence-electron chi connectivity index (χ1n) is 4.67. The Morgan fingerprint density at radius 3 is 2.62 bits per heavy atom. The molecule has 0 saturated heterocycles. The van der Waals surface area contributed by atoms with Gasteiger partial charge in [-0.05, 0) is 18.2 Å². The predicted octanol–water partition coefficient (Wildman–Crippen LogP) is 1.56. The van der Waals surface area contributed by atoms with Gasteiger partial charge in [-0.15, -0.1) is 0 Å². The third-order valence-corrected chi connectivity index (χ3v) is 1.88. The average molecular weight is 214 g/mol. The van der Waals surface area contributed by atoms with Crippen molar-refractivity contribution in [2.45, 2.75) is 0 Å². The Labute approximate surface area is 92.6 Å². The Kier molecular flexibility index (Phi) is 3.08. The Morgan fingerprint density at radius 1 is 1.12 bits per heavy atom. The second kappa shape index (κ2) is 4.88. The topological polar surface area (TPSA) is 73.4 Å². The molecule has 2 N–H and O–H groups in total. The minimum absolute atomic E-state index is 0.292. The molecule has 5 heteroatoms. The number of aromatic nitrogens is 2. The van der Waals surface area contributed by atoms with Crippen molar-refractivity contribution < 1.29 is 4.74 Å². The molecular formula is C11H10N4O. The van der Waals surface area contributed by atoms with Gasteiger partial charge >= 0.3 is 6.01 Å². The van der Waals surface area contributed by atoms with Gasteiger partial charge in [-0.1, -0.05) is 12.1 Å². The van der Waals surface area contributed by atoms with Crippen LogP contribution < -0.4 is 10.6 Å². The molecule has 0 radical (unpaired) electrons. The number of rotatable bonds is 3. The van der Waals surface area contributed by atoms with Crippen LogP contribution in [0.15, 0.2) is 47.8 Å². The standard InChI is InChI=1S/C11H10N4O/c12-15-8-9-4-1-2-5-10(9)16-11-13-6-3-7-14-11/h1-8H,12H2. The highest BCUT2D eigenvalue weighted by Crippen LogP contribution is 2.20. The highest BCUT2D eigenvalue weighted by Gasteiger charge is 2.03. The molecule has 80 valence electrons. The Bertz CT molecular complexity index is 484. The molecule has 16 heavy (non-hydrogen) atoms. The van der Waals surface area contributed by atoms with E-state index in [-0.39, 0.29) is 0 Å². The lowest BCUT2D eigenvalue weighted by atomic mass is 10.2. The van der Waals surface area contributed by atoms with Crippen LogP contribution in [0.1, 0.15) is 5.56 Å². The number of hydrogen-bond donors (Lipinski definition) is 1. The molecule has 5 nitrogen and oxygen atoms in total.